The van der Waals surface area contributed by atoms with Gasteiger partial charge in [0.15, 0.2) is 0 Å². The zero-order chi connectivity index (χ0) is 24.5. The van der Waals surface area contributed by atoms with Crippen LogP contribution in [0.15, 0.2) is 0 Å². The SMILES string of the molecule is Nc1nc(N)nc(N)n1.Nc1nc(N)nc(N)n1.O=C(O)CCCCCCCCC(=O)O. The van der Waals surface area contributed by atoms with Gasteiger partial charge >= 0.3 is 11.9 Å². The summed E-state index contributed by atoms with van der Waals surface area (Å²) < 4.78 is 0. The Kier molecular flexibility index (Phi) is 13.5. The molecular weight excluding hydrogens is 424 g/mol. The lowest BCUT2D eigenvalue weighted by molar-refractivity contribution is -0.138. The lowest BCUT2D eigenvalue weighted by atomic mass is 10.1. The Morgan fingerprint density at radius 1 is 0.469 bits per heavy atom. The molecule has 32 heavy (non-hydrogen) atoms. The van der Waals surface area contributed by atoms with Gasteiger partial charge in [-0.3, -0.25) is 9.59 Å². The van der Waals surface area contributed by atoms with Crippen LogP contribution in [0.3, 0.4) is 0 Å². The van der Waals surface area contributed by atoms with Gasteiger partial charge in [0.25, 0.3) is 0 Å². The van der Waals surface area contributed by atoms with E-state index in [1.54, 1.807) is 0 Å². The number of hydrogen-bond donors (Lipinski definition) is 8. The Morgan fingerprint density at radius 3 is 0.844 bits per heavy atom. The van der Waals surface area contributed by atoms with E-state index in [1.165, 1.54) is 0 Å². The number of carboxylic acid groups (broad SMARTS) is 2. The number of unbranched alkanes of at least 4 members (excludes halogenated alkanes) is 5. The van der Waals surface area contributed by atoms with Crippen LogP contribution in [-0.2, 0) is 9.59 Å². The lowest BCUT2D eigenvalue weighted by Crippen LogP contribution is -2.05. The van der Waals surface area contributed by atoms with Crippen molar-refractivity contribution in [3.05, 3.63) is 0 Å². The Labute approximate surface area is 183 Å². The molecule has 2 aromatic rings. The number of anilines is 6. The van der Waals surface area contributed by atoms with Crippen LogP contribution in [0.25, 0.3) is 0 Å². The second-order valence-electron chi connectivity index (χ2n) is 6.23. The van der Waals surface area contributed by atoms with E-state index >= 15 is 0 Å². The molecule has 0 radical (unpaired) electrons. The Morgan fingerprint density at radius 2 is 0.656 bits per heavy atom. The average molecular weight is 454 g/mol. The van der Waals surface area contributed by atoms with Gasteiger partial charge in [-0.2, -0.15) is 29.9 Å². The van der Waals surface area contributed by atoms with E-state index in [0.29, 0.717) is 0 Å². The van der Waals surface area contributed by atoms with Gasteiger partial charge in [0, 0.05) is 12.8 Å². The minimum absolute atomic E-state index is 0.0417. The van der Waals surface area contributed by atoms with Crippen molar-refractivity contribution in [1.29, 1.82) is 0 Å². The number of carboxylic acids is 2. The maximum absolute atomic E-state index is 10.1. The van der Waals surface area contributed by atoms with Crippen LogP contribution in [0.5, 0.6) is 0 Å². The van der Waals surface area contributed by atoms with Gasteiger partial charge in [0.1, 0.15) is 0 Å². The predicted octanol–water partition coefficient (Wildman–Crippen LogP) is -0.487. The second kappa shape index (κ2) is 15.6. The molecule has 0 aliphatic heterocycles. The van der Waals surface area contributed by atoms with E-state index in [-0.39, 0.29) is 48.5 Å². The lowest BCUT2D eigenvalue weighted by Gasteiger charge is -1.98. The number of nitrogen functional groups attached to an aromatic ring is 6. The molecule has 14 N–H and O–H groups in total. The molecule has 2 aromatic heterocycles. The van der Waals surface area contributed by atoms with Gasteiger partial charge in [0.2, 0.25) is 35.7 Å². The van der Waals surface area contributed by atoms with E-state index in [0.717, 1.165) is 38.5 Å². The minimum atomic E-state index is -0.740. The zero-order valence-corrected chi connectivity index (χ0v) is 17.5. The topological polar surface area (TPSA) is 308 Å². The van der Waals surface area contributed by atoms with Gasteiger partial charge < -0.3 is 44.6 Å². The molecule has 2 heterocycles. The van der Waals surface area contributed by atoms with Crippen molar-refractivity contribution in [2.45, 2.75) is 51.4 Å². The van der Waals surface area contributed by atoms with Crippen LogP contribution >= 0.6 is 0 Å². The summed E-state index contributed by atoms with van der Waals surface area (Å²) in [6.07, 6.45) is 5.82. The van der Waals surface area contributed by atoms with Crippen LogP contribution < -0.4 is 34.4 Å². The number of hydrogen-bond acceptors (Lipinski definition) is 14. The molecule has 0 saturated heterocycles. The van der Waals surface area contributed by atoms with Crippen molar-refractivity contribution < 1.29 is 19.8 Å². The largest absolute Gasteiger partial charge is 0.481 e. The normalized spacial score (nSPS) is 9.62. The Hall–Kier alpha value is -4.24. The fraction of sp³-hybridized carbons (Fsp3) is 0.500. The van der Waals surface area contributed by atoms with Crippen molar-refractivity contribution >= 4 is 47.6 Å². The summed E-state index contributed by atoms with van der Waals surface area (Å²) in [5.74, 6) is -1.23. The maximum atomic E-state index is 10.1. The minimum Gasteiger partial charge on any atom is -0.481 e. The van der Waals surface area contributed by atoms with Gasteiger partial charge in [-0.15, -0.1) is 0 Å². The molecule has 0 atom stereocenters. The smallest absolute Gasteiger partial charge is 0.303 e. The summed E-state index contributed by atoms with van der Waals surface area (Å²) in [7, 11) is 0. The van der Waals surface area contributed by atoms with Gasteiger partial charge in [-0.05, 0) is 12.8 Å². The first-order chi connectivity index (χ1) is 15.0. The summed E-state index contributed by atoms with van der Waals surface area (Å²) >= 11 is 0. The third kappa shape index (κ3) is 16.7. The van der Waals surface area contributed by atoms with Crippen LogP contribution in [0.4, 0.5) is 35.7 Å². The van der Waals surface area contributed by atoms with Crippen LogP contribution in [0.2, 0.25) is 0 Å². The average Bonchev–Trinajstić information content (AvgIpc) is 2.62. The Balaban J connectivity index is 0.000000466. The predicted molar refractivity (Wildman–Crippen MR) is 118 cm³/mol. The standard InChI is InChI=1S/C10H18O4.2C3H6N6/c11-9(12)7-5-3-1-2-4-6-8-10(13)14;2*4-1-7-2(5)9-3(6)8-1/h1-8H2,(H,11,12)(H,13,14);2*(H6,4,5,6,7,8,9). The molecule has 2 rings (SSSR count). The first kappa shape index (κ1) is 27.8. The van der Waals surface area contributed by atoms with E-state index in [1.807, 2.05) is 0 Å². The van der Waals surface area contributed by atoms with E-state index < -0.39 is 11.9 Å². The summed E-state index contributed by atoms with van der Waals surface area (Å²) in [6.45, 7) is 0. The molecule has 16 heteroatoms. The zero-order valence-electron chi connectivity index (χ0n) is 17.5. The molecule has 0 aliphatic carbocycles. The fourth-order valence-electron chi connectivity index (χ4n) is 2.11. The Bertz CT molecular complexity index is 681. The highest BCUT2D eigenvalue weighted by molar-refractivity contribution is 5.66. The van der Waals surface area contributed by atoms with Crippen LogP contribution in [-0.4, -0.2) is 52.1 Å². The highest BCUT2D eigenvalue weighted by Gasteiger charge is 1.98. The van der Waals surface area contributed by atoms with Crippen LogP contribution in [0.1, 0.15) is 51.4 Å². The second-order valence-corrected chi connectivity index (χ2v) is 6.23. The number of nitrogens with zero attached hydrogens (tertiary/aromatic N) is 6. The van der Waals surface area contributed by atoms with Crippen LogP contribution in [0, 0.1) is 0 Å². The highest BCUT2D eigenvalue weighted by atomic mass is 16.4. The van der Waals surface area contributed by atoms with Crippen molar-refractivity contribution in [2.75, 3.05) is 34.4 Å². The summed E-state index contributed by atoms with van der Waals surface area (Å²) in [4.78, 5) is 41.2. The molecule has 0 saturated carbocycles. The maximum Gasteiger partial charge on any atom is 0.303 e. The highest BCUT2D eigenvalue weighted by Crippen LogP contribution is 2.08. The molecule has 16 nitrogen and oxygen atoms in total. The molecular formula is C16H30N12O4. The van der Waals surface area contributed by atoms with Crippen molar-refractivity contribution in [1.82, 2.24) is 29.9 Å². The number of rotatable bonds is 9. The van der Waals surface area contributed by atoms with Crippen molar-refractivity contribution in [3.8, 4) is 0 Å². The molecule has 0 aliphatic rings. The molecule has 0 unspecified atom stereocenters. The van der Waals surface area contributed by atoms with Gasteiger partial charge in [0.05, 0.1) is 0 Å². The third-order valence-corrected chi connectivity index (χ3v) is 3.41. The molecule has 0 fully saturated rings. The van der Waals surface area contributed by atoms with Gasteiger partial charge in [-0.1, -0.05) is 25.7 Å². The van der Waals surface area contributed by atoms with Crippen molar-refractivity contribution in [2.24, 2.45) is 0 Å². The number of nitrogens with two attached hydrogens (primary N) is 6. The number of carbonyl (C=O) groups is 2. The summed E-state index contributed by atoms with van der Waals surface area (Å²) in [6, 6.07) is 0. The third-order valence-electron chi connectivity index (χ3n) is 3.41. The van der Waals surface area contributed by atoms with Crippen molar-refractivity contribution in [3.63, 3.8) is 0 Å². The molecule has 0 aromatic carbocycles. The first-order valence-electron chi connectivity index (χ1n) is 9.48. The number of aliphatic carboxylic acids is 2. The first-order valence-corrected chi connectivity index (χ1v) is 9.48. The van der Waals surface area contributed by atoms with E-state index in [4.69, 9.17) is 44.6 Å². The monoisotopic (exact) mass is 454 g/mol. The van der Waals surface area contributed by atoms with Gasteiger partial charge in [-0.25, -0.2) is 0 Å². The summed E-state index contributed by atoms with van der Waals surface area (Å²) in [5, 5.41) is 16.7. The van der Waals surface area contributed by atoms with E-state index in [2.05, 4.69) is 29.9 Å². The molecule has 0 bridgehead atoms. The molecule has 178 valence electrons. The fourth-order valence-corrected chi connectivity index (χ4v) is 2.11. The summed E-state index contributed by atoms with van der Waals surface area (Å²) in [5.41, 5.74) is 30.8. The number of aromatic nitrogens is 6. The molecule has 0 spiro atoms. The molecule has 0 amide bonds. The van der Waals surface area contributed by atoms with E-state index in [9.17, 15) is 9.59 Å². The quantitative estimate of drug-likeness (QED) is 0.221.